The van der Waals surface area contributed by atoms with Gasteiger partial charge in [0.1, 0.15) is 0 Å². The first-order valence-electron chi connectivity index (χ1n) is 6.97. The summed E-state index contributed by atoms with van der Waals surface area (Å²) < 4.78 is 11.6. The lowest BCUT2D eigenvalue weighted by Crippen LogP contribution is -2.60. The SMILES string of the molecule is CO[C@@H]1O[C@@]2(C)CC[C@H]3CC(C)(C)CC[C@]31OO2. The van der Waals surface area contributed by atoms with Gasteiger partial charge in [-0.2, -0.15) is 0 Å². The van der Waals surface area contributed by atoms with Crippen LogP contribution >= 0.6 is 0 Å². The highest BCUT2D eigenvalue weighted by atomic mass is 17.3. The Morgan fingerprint density at radius 1 is 1.06 bits per heavy atom. The highest BCUT2D eigenvalue weighted by Gasteiger charge is 2.61. The molecule has 4 atom stereocenters. The van der Waals surface area contributed by atoms with Crippen LogP contribution in [0.25, 0.3) is 0 Å². The summed E-state index contributed by atoms with van der Waals surface area (Å²) in [7, 11) is 1.70. The Labute approximate surface area is 109 Å². The topological polar surface area (TPSA) is 36.9 Å². The summed E-state index contributed by atoms with van der Waals surface area (Å²) in [5.74, 6) is -0.191. The molecule has 3 heterocycles. The van der Waals surface area contributed by atoms with Crippen molar-refractivity contribution in [2.75, 3.05) is 7.11 Å². The lowest BCUT2D eigenvalue weighted by atomic mass is 9.63. The summed E-state index contributed by atoms with van der Waals surface area (Å²) in [4.78, 5) is 11.4. The van der Waals surface area contributed by atoms with E-state index in [0.717, 1.165) is 32.1 Å². The third-order valence-corrected chi connectivity index (χ3v) is 4.97. The maximum absolute atomic E-state index is 6.01. The van der Waals surface area contributed by atoms with E-state index in [1.807, 2.05) is 6.92 Å². The van der Waals surface area contributed by atoms with Gasteiger partial charge in [0.15, 0.2) is 11.9 Å². The number of fused-ring (bicyclic) bond motifs is 3. The second kappa shape index (κ2) is 3.92. The van der Waals surface area contributed by atoms with Gasteiger partial charge >= 0.3 is 0 Å². The minimum absolute atomic E-state index is 0.306. The molecular formula is C14H24O4. The van der Waals surface area contributed by atoms with Crippen molar-refractivity contribution >= 4 is 0 Å². The summed E-state index contributed by atoms with van der Waals surface area (Å²) >= 11 is 0. The second-order valence-corrected chi connectivity index (χ2v) is 7.04. The Morgan fingerprint density at radius 2 is 1.83 bits per heavy atom. The van der Waals surface area contributed by atoms with E-state index in [9.17, 15) is 0 Å². The number of ether oxygens (including phenoxy) is 2. The van der Waals surface area contributed by atoms with E-state index in [1.165, 1.54) is 0 Å². The largest absolute Gasteiger partial charge is 0.353 e. The molecule has 4 fully saturated rings. The average molecular weight is 256 g/mol. The van der Waals surface area contributed by atoms with E-state index in [4.69, 9.17) is 19.2 Å². The van der Waals surface area contributed by atoms with Crippen molar-refractivity contribution in [1.82, 2.24) is 0 Å². The third-order valence-electron chi connectivity index (χ3n) is 4.97. The van der Waals surface area contributed by atoms with Gasteiger partial charge in [-0.3, -0.25) is 0 Å². The van der Waals surface area contributed by atoms with Crippen molar-refractivity contribution in [2.45, 2.75) is 70.6 Å². The summed E-state index contributed by atoms with van der Waals surface area (Å²) in [5.41, 5.74) is -0.0266. The van der Waals surface area contributed by atoms with Crippen LogP contribution in [0.1, 0.15) is 52.9 Å². The van der Waals surface area contributed by atoms with Crippen LogP contribution in [0.15, 0.2) is 0 Å². The zero-order valence-electron chi connectivity index (χ0n) is 11.8. The molecule has 0 radical (unpaired) electrons. The standard InChI is InChI=1S/C14H24O4/c1-12(2)7-8-14-10(9-12)5-6-13(3,17-18-14)16-11(14)15-4/h10-11H,5-9H2,1-4H3/t10-,11+,13+,14-/m0/s1. The normalized spacial score (nSPS) is 50.7. The number of methoxy groups -OCH3 is 1. The van der Waals surface area contributed by atoms with Gasteiger partial charge < -0.3 is 9.47 Å². The molecule has 18 heavy (non-hydrogen) atoms. The molecule has 1 aliphatic carbocycles. The van der Waals surface area contributed by atoms with Gasteiger partial charge in [-0.1, -0.05) is 13.8 Å². The first-order chi connectivity index (χ1) is 8.39. The number of rotatable bonds is 1. The van der Waals surface area contributed by atoms with E-state index in [-0.39, 0.29) is 6.29 Å². The predicted molar refractivity (Wildman–Crippen MR) is 65.5 cm³/mol. The van der Waals surface area contributed by atoms with Crippen LogP contribution in [0.3, 0.4) is 0 Å². The van der Waals surface area contributed by atoms with Gasteiger partial charge in [-0.25, -0.2) is 9.78 Å². The fourth-order valence-corrected chi connectivity index (χ4v) is 3.78. The third kappa shape index (κ3) is 1.82. The molecule has 2 bridgehead atoms. The first kappa shape index (κ1) is 12.9. The van der Waals surface area contributed by atoms with Crippen LogP contribution < -0.4 is 0 Å². The highest BCUT2D eigenvalue weighted by molar-refractivity contribution is 5.02. The lowest BCUT2D eigenvalue weighted by molar-refractivity contribution is -0.548. The molecule has 0 aromatic heterocycles. The summed E-state index contributed by atoms with van der Waals surface area (Å²) in [6, 6.07) is 0. The molecule has 4 rings (SSSR count). The zero-order valence-corrected chi connectivity index (χ0v) is 11.8. The van der Waals surface area contributed by atoms with Gasteiger partial charge in [0.2, 0.25) is 5.79 Å². The van der Waals surface area contributed by atoms with E-state index in [0.29, 0.717) is 11.3 Å². The van der Waals surface area contributed by atoms with E-state index >= 15 is 0 Å². The van der Waals surface area contributed by atoms with Crippen LogP contribution in [-0.2, 0) is 19.2 Å². The van der Waals surface area contributed by atoms with E-state index in [2.05, 4.69) is 13.8 Å². The van der Waals surface area contributed by atoms with Crippen molar-refractivity contribution in [3.05, 3.63) is 0 Å². The van der Waals surface area contributed by atoms with Crippen molar-refractivity contribution in [1.29, 1.82) is 0 Å². The minimum Gasteiger partial charge on any atom is -0.353 e. The molecular weight excluding hydrogens is 232 g/mol. The second-order valence-electron chi connectivity index (χ2n) is 7.04. The van der Waals surface area contributed by atoms with E-state index < -0.39 is 11.4 Å². The maximum atomic E-state index is 6.01. The molecule has 0 unspecified atom stereocenters. The van der Waals surface area contributed by atoms with Crippen molar-refractivity contribution in [3.8, 4) is 0 Å². The molecule has 4 nitrogen and oxygen atoms in total. The van der Waals surface area contributed by atoms with Crippen molar-refractivity contribution < 1.29 is 19.2 Å². The van der Waals surface area contributed by atoms with Crippen molar-refractivity contribution in [2.24, 2.45) is 11.3 Å². The van der Waals surface area contributed by atoms with Crippen LogP contribution in [-0.4, -0.2) is 24.8 Å². The molecule has 0 amide bonds. The minimum atomic E-state index is -0.645. The van der Waals surface area contributed by atoms with Gasteiger partial charge in [0, 0.05) is 13.5 Å². The molecule has 104 valence electrons. The molecule has 4 heteroatoms. The molecule has 4 aliphatic rings. The smallest absolute Gasteiger partial charge is 0.201 e. The maximum Gasteiger partial charge on any atom is 0.201 e. The molecule has 0 aromatic carbocycles. The molecule has 1 saturated carbocycles. The summed E-state index contributed by atoms with van der Waals surface area (Å²) in [6.07, 6.45) is 4.86. The molecule has 3 aliphatic heterocycles. The van der Waals surface area contributed by atoms with Crippen LogP contribution in [0, 0.1) is 11.3 Å². The Hall–Kier alpha value is -0.160. The Balaban J connectivity index is 1.95. The van der Waals surface area contributed by atoms with Gasteiger partial charge in [-0.15, -0.1) is 0 Å². The van der Waals surface area contributed by atoms with Gasteiger partial charge in [0.25, 0.3) is 0 Å². The van der Waals surface area contributed by atoms with Gasteiger partial charge in [0.05, 0.1) is 0 Å². The van der Waals surface area contributed by atoms with Gasteiger partial charge in [-0.05, 0) is 43.9 Å². The Morgan fingerprint density at radius 3 is 2.56 bits per heavy atom. The average Bonchev–Trinajstić information content (AvgIpc) is 2.53. The quantitative estimate of drug-likeness (QED) is 0.676. The Bertz CT molecular complexity index is 343. The predicted octanol–water partition coefficient (Wildman–Crippen LogP) is 3.01. The number of hydrogen-bond acceptors (Lipinski definition) is 4. The molecule has 3 saturated heterocycles. The Kier molecular flexibility index (Phi) is 2.80. The lowest BCUT2D eigenvalue weighted by Gasteiger charge is -2.52. The first-order valence-corrected chi connectivity index (χ1v) is 6.97. The molecule has 1 spiro atoms. The zero-order chi connectivity index (χ0) is 13.0. The fraction of sp³-hybridized carbons (Fsp3) is 1.00. The molecule has 0 N–H and O–H groups in total. The summed E-state index contributed by atoms with van der Waals surface area (Å²) in [5, 5.41) is 0. The highest BCUT2D eigenvalue weighted by Crippen LogP contribution is 2.55. The monoisotopic (exact) mass is 256 g/mol. The van der Waals surface area contributed by atoms with E-state index in [1.54, 1.807) is 7.11 Å². The molecule has 0 aromatic rings. The van der Waals surface area contributed by atoms with Crippen LogP contribution in [0.5, 0.6) is 0 Å². The fourth-order valence-electron chi connectivity index (χ4n) is 3.78. The van der Waals surface area contributed by atoms with Crippen LogP contribution in [0.2, 0.25) is 0 Å². The number of hydrogen-bond donors (Lipinski definition) is 0. The van der Waals surface area contributed by atoms with Crippen LogP contribution in [0.4, 0.5) is 0 Å². The van der Waals surface area contributed by atoms with Crippen molar-refractivity contribution in [3.63, 3.8) is 0 Å². The summed E-state index contributed by atoms with van der Waals surface area (Å²) in [6.45, 7) is 6.61.